The fourth-order valence-corrected chi connectivity index (χ4v) is 4.06. The van der Waals surface area contributed by atoms with Crippen LogP contribution in [0.25, 0.3) is 0 Å². The van der Waals surface area contributed by atoms with Gasteiger partial charge in [0.15, 0.2) is 0 Å². The van der Waals surface area contributed by atoms with Crippen LogP contribution in [-0.2, 0) is 16.4 Å². The molecule has 0 bridgehead atoms. The zero-order valence-electron chi connectivity index (χ0n) is 14.7. The molecule has 0 radical (unpaired) electrons. The number of fused-ring (bicyclic) bond motifs is 1. The highest BCUT2D eigenvalue weighted by molar-refractivity contribution is 7.92. The maximum Gasteiger partial charge on any atom is 0.255 e. The monoisotopic (exact) mass is 375 g/mol. The van der Waals surface area contributed by atoms with Crippen LogP contribution in [0.1, 0.15) is 22.3 Å². The number of amides is 1. The molecule has 138 valence electrons. The minimum absolute atomic E-state index is 0.283. The third-order valence-electron chi connectivity index (χ3n) is 4.31. The molecule has 0 atom stereocenters. The molecule has 7 nitrogen and oxygen atoms in total. The van der Waals surface area contributed by atoms with Crippen LogP contribution in [0.4, 0.5) is 17.1 Å². The lowest BCUT2D eigenvalue weighted by molar-refractivity contribution is 0.102. The second-order valence-corrected chi connectivity index (χ2v) is 8.10. The number of hydrogen-bond acceptors (Lipinski definition) is 5. The first-order valence-corrected chi connectivity index (χ1v) is 10.00. The molecular formula is C18H21N3O4S. The Morgan fingerprint density at radius 2 is 2.00 bits per heavy atom. The number of nitrogen functional groups attached to an aromatic ring is 1. The molecule has 26 heavy (non-hydrogen) atoms. The van der Waals surface area contributed by atoms with E-state index in [2.05, 4.69) is 5.32 Å². The molecule has 3 N–H and O–H groups in total. The highest BCUT2D eigenvalue weighted by atomic mass is 32.2. The van der Waals surface area contributed by atoms with Crippen LogP contribution in [0.3, 0.4) is 0 Å². The van der Waals surface area contributed by atoms with E-state index < -0.39 is 10.0 Å². The molecule has 1 heterocycles. The quantitative estimate of drug-likeness (QED) is 0.798. The molecule has 1 aliphatic heterocycles. The smallest absolute Gasteiger partial charge is 0.255 e. The van der Waals surface area contributed by atoms with Crippen LogP contribution < -0.4 is 20.1 Å². The van der Waals surface area contributed by atoms with Gasteiger partial charge in [-0.15, -0.1) is 0 Å². The largest absolute Gasteiger partial charge is 0.495 e. The number of aryl methyl sites for hydroxylation is 1. The number of methoxy groups -OCH3 is 1. The lowest BCUT2D eigenvalue weighted by Crippen LogP contribution is -2.34. The summed E-state index contributed by atoms with van der Waals surface area (Å²) in [6, 6.07) is 10.1. The molecule has 1 amide bonds. The second kappa shape index (κ2) is 6.87. The molecule has 0 aromatic heterocycles. The Kier molecular flexibility index (Phi) is 4.78. The van der Waals surface area contributed by atoms with Crippen molar-refractivity contribution in [3.05, 3.63) is 47.5 Å². The normalized spacial score (nSPS) is 13.8. The first-order valence-electron chi connectivity index (χ1n) is 8.15. The number of nitrogens with two attached hydrogens (primary N) is 1. The van der Waals surface area contributed by atoms with Gasteiger partial charge in [-0.05, 0) is 54.8 Å². The van der Waals surface area contributed by atoms with E-state index in [1.165, 1.54) is 17.7 Å². The number of rotatable bonds is 4. The van der Waals surface area contributed by atoms with E-state index in [1.54, 1.807) is 36.4 Å². The van der Waals surface area contributed by atoms with Gasteiger partial charge in [0.2, 0.25) is 10.0 Å². The van der Waals surface area contributed by atoms with Crippen molar-refractivity contribution in [3.63, 3.8) is 0 Å². The van der Waals surface area contributed by atoms with Gasteiger partial charge in [-0.2, -0.15) is 0 Å². The van der Waals surface area contributed by atoms with Crippen molar-refractivity contribution in [1.82, 2.24) is 0 Å². The van der Waals surface area contributed by atoms with Gasteiger partial charge in [0.1, 0.15) is 5.75 Å². The van der Waals surface area contributed by atoms with Crippen LogP contribution in [0, 0.1) is 0 Å². The van der Waals surface area contributed by atoms with E-state index in [1.807, 2.05) is 0 Å². The van der Waals surface area contributed by atoms with Gasteiger partial charge in [0, 0.05) is 17.8 Å². The number of nitrogens with zero attached hydrogens (tertiary/aromatic N) is 1. The SMILES string of the molecule is COc1ccc(NC(=O)c2ccc3c(c2)CCCN3S(C)(=O)=O)cc1N. The minimum atomic E-state index is -3.33. The lowest BCUT2D eigenvalue weighted by Gasteiger charge is -2.29. The number of carbonyl (C=O) groups is 1. The summed E-state index contributed by atoms with van der Waals surface area (Å²) in [4.78, 5) is 12.5. The maximum atomic E-state index is 12.5. The van der Waals surface area contributed by atoms with E-state index in [0.717, 1.165) is 18.4 Å². The molecule has 0 fully saturated rings. The van der Waals surface area contributed by atoms with Gasteiger partial charge >= 0.3 is 0 Å². The Balaban J connectivity index is 1.84. The third kappa shape index (κ3) is 3.60. The summed E-state index contributed by atoms with van der Waals surface area (Å²) < 4.78 is 30.3. The number of carbonyl (C=O) groups excluding carboxylic acids is 1. The second-order valence-electron chi connectivity index (χ2n) is 6.19. The van der Waals surface area contributed by atoms with Crippen molar-refractivity contribution >= 4 is 33.0 Å². The van der Waals surface area contributed by atoms with Gasteiger partial charge in [-0.1, -0.05) is 0 Å². The third-order valence-corrected chi connectivity index (χ3v) is 5.49. The van der Waals surface area contributed by atoms with Gasteiger partial charge < -0.3 is 15.8 Å². The fourth-order valence-electron chi connectivity index (χ4n) is 3.06. The predicted molar refractivity (Wildman–Crippen MR) is 102 cm³/mol. The standard InChI is InChI=1S/C18H21N3O4S/c1-25-17-8-6-14(11-15(17)19)20-18(22)13-5-7-16-12(10-13)4-3-9-21(16)26(2,23)24/h5-8,10-11H,3-4,9,19H2,1-2H3,(H,20,22). The molecular weight excluding hydrogens is 354 g/mol. The van der Waals surface area contributed by atoms with Gasteiger partial charge in [-0.3, -0.25) is 9.10 Å². The zero-order valence-corrected chi connectivity index (χ0v) is 15.5. The summed E-state index contributed by atoms with van der Waals surface area (Å²) >= 11 is 0. The Morgan fingerprint density at radius 3 is 2.65 bits per heavy atom. The van der Waals surface area contributed by atoms with Crippen LogP contribution in [-0.4, -0.2) is 34.2 Å². The van der Waals surface area contributed by atoms with Gasteiger partial charge in [0.05, 0.1) is 24.7 Å². The van der Waals surface area contributed by atoms with Crippen LogP contribution >= 0.6 is 0 Å². The number of sulfonamides is 1. The molecule has 2 aromatic rings. The molecule has 0 saturated carbocycles. The Hall–Kier alpha value is -2.74. The molecule has 8 heteroatoms. The molecule has 0 unspecified atom stereocenters. The van der Waals surface area contributed by atoms with Crippen molar-refractivity contribution < 1.29 is 17.9 Å². The van der Waals surface area contributed by atoms with E-state index >= 15 is 0 Å². The van der Waals surface area contributed by atoms with Crippen molar-refractivity contribution in [2.75, 3.05) is 35.3 Å². The van der Waals surface area contributed by atoms with Crippen LogP contribution in [0.15, 0.2) is 36.4 Å². The number of nitrogens with one attached hydrogen (secondary N) is 1. The summed E-state index contributed by atoms with van der Waals surface area (Å²) in [6.07, 6.45) is 2.65. The molecule has 2 aromatic carbocycles. The Bertz CT molecular complexity index is 957. The summed E-state index contributed by atoms with van der Waals surface area (Å²) in [5.74, 6) is 0.256. The summed E-state index contributed by atoms with van der Waals surface area (Å²) in [7, 11) is -1.80. The average molecular weight is 375 g/mol. The minimum Gasteiger partial charge on any atom is -0.495 e. The molecule has 0 saturated heterocycles. The summed E-state index contributed by atoms with van der Waals surface area (Å²) in [5, 5.41) is 2.79. The molecule has 1 aliphatic rings. The van der Waals surface area contributed by atoms with Crippen molar-refractivity contribution in [1.29, 1.82) is 0 Å². The summed E-state index contributed by atoms with van der Waals surface area (Å²) in [6.45, 7) is 0.461. The predicted octanol–water partition coefficient (Wildman–Crippen LogP) is 2.24. The van der Waals surface area contributed by atoms with E-state index in [-0.39, 0.29) is 5.91 Å². The van der Waals surface area contributed by atoms with Crippen LogP contribution in [0.2, 0.25) is 0 Å². The molecule has 3 rings (SSSR count). The first kappa shape index (κ1) is 18.1. The van der Waals surface area contributed by atoms with E-state index in [0.29, 0.717) is 34.9 Å². The van der Waals surface area contributed by atoms with Gasteiger partial charge in [0.25, 0.3) is 5.91 Å². The van der Waals surface area contributed by atoms with Gasteiger partial charge in [-0.25, -0.2) is 8.42 Å². The Morgan fingerprint density at radius 1 is 1.23 bits per heavy atom. The van der Waals surface area contributed by atoms with E-state index in [4.69, 9.17) is 10.5 Å². The Labute approximate surface area is 152 Å². The highest BCUT2D eigenvalue weighted by Gasteiger charge is 2.24. The fraction of sp³-hybridized carbons (Fsp3) is 0.278. The number of hydrogen-bond donors (Lipinski definition) is 2. The van der Waals surface area contributed by atoms with Crippen molar-refractivity contribution in [2.45, 2.75) is 12.8 Å². The number of benzene rings is 2. The topological polar surface area (TPSA) is 102 Å². The van der Waals surface area contributed by atoms with Crippen molar-refractivity contribution in [2.24, 2.45) is 0 Å². The molecule has 0 aliphatic carbocycles. The highest BCUT2D eigenvalue weighted by Crippen LogP contribution is 2.30. The van der Waals surface area contributed by atoms with Crippen LogP contribution in [0.5, 0.6) is 5.75 Å². The number of anilines is 3. The average Bonchev–Trinajstić information content (AvgIpc) is 2.60. The lowest BCUT2D eigenvalue weighted by atomic mass is 10.0. The first-order chi connectivity index (χ1) is 12.3. The molecule has 0 spiro atoms. The maximum absolute atomic E-state index is 12.5. The zero-order chi connectivity index (χ0) is 18.9. The summed E-state index contributed by atoms with van der Waals surface area (Å²) in [5.41, 5.74) is 8.80. The van der Waals surface area contributed by atoms with Crippen molar-refractivity contribution in [3.8, 4) is 5.75 Å². The van der Waals surface area contributed by atoms with E-state index in [9.17, 15) is 13.2 Å². The number of ether oxygens (including phenoxy) is 1.